The number of hydrogen-bond acceptors (Lipinski definition) is 1. The van der Waals surface area contributed by atoms with E-state index in [4.69, 9.17) is 0 Å². The molecule has 0 spiro atoms. The molecule has 2 heteroatoms. The lowest BCUT2D eigenvalue weighted by Gasteiger charge is -2.37. The zero-order chi connectivity index (χ0) is 9.84. The van der Waals surface area contributed by atoms with Gasteiger partial charge in [0.1, 0.15) is 0 Å². The van der Waals surface area contributed by atoms with E-state index in [1.165, 1.54) is 6.42 Å². The highest BCUT2D eigenvalue weighted by Crippen LogP contribution is 2.22. The van der Waals surface area contributed by atoms with Gasteiger partial charge in [-0.1, -0.05) is 5.92 Å². The smallest absolute Gasteiger partial charge is 0.298 e. The number of carbonyl (C=O) groups excluding carboxylic acids is 1. The third kappa shape index (κ3) is 2.24. The molecule has 1 saturated heterocycles. The van der Waals surface area contributed by atoms with Crippen molar-refractivity contribution in [3.8, 4) is 11.8 Å². The van der Waals surface area contributed by atoms with Crippen molar-refractivity contribution in [2.24, 2.45) is 0 Å². The highest BCUT2D eigenvalue weighted by molar-refractivity contribution is 5.93. The van der Waals surface area contributed by atoms with E-state index < -0.39 is 0 Å². The number of piperidine rings is 1. The second kappa shape index (κ2) is 4.32. The summed E-state index contributed by atoms with van der Waals surface area (Å²) in [6, 6.07) is 0.717. The van der Waals surface area contributed by atoms with E-state index >= 15 is 0 Å². The molecule has 0 unspecified atom stereocenters. The summed E-state index contributed by atoms with van der Waals surface area (Å²) in [5.74, 6) is 5.27. The molecule has 0 saturated carbocycles. The van der Waals surface area contributed by atoms with Gasteiger partial charge >= 0.3 is 0 Å². The summed E-state index contributed by atoms with van der Waals surface area (Å²) in [7, 11) is 0. The lowest BCUT2D eigenvalue weighted by Crippen LogP contribution is -2.46. The molecule has 0 bridgehead atoms. The maximum atomic E-state index is 11.6. The molecule has 1 fully saturated rings. The summed E-state index contributed by atoms with van der Waals surface area (Å²) in [4.78, 5) is 13.5. The topological polar surface area (TPSA) is 20.3 Å². The van der Waals surface area contributed by atoms with Crippen molar-refractivity contribution in [1.82, 2.24) is 4.90 Å². The van der Waals surface area contributed by atoms with Crippen LogP contribution in [0.15, 0.2) is 0 Å². The van der Waals surface area contributed by atoms with E-state index in [0.717, 1.165) is 12.8 Å². The molecule has 0 aliphatic carbocycles. The lowest BCUT2D eigenvalue weighted by atomic mass is 9.97. The molecule has 72 valence electrons. The summed E-state index contributed by atoms with van der Waals surface area (Å²) in [5, 5.41) is 0. The van der Waals surface area contributed by atoms with Gasteiger partial charge < -0.3 is 4.90 Å². The largest absolute Gasteiger partial charge is 0.326 e. The average Bonchev–Trinajstić information content (AvgIpc) is 2.04. The van der Waals surface area contributed by atoms with Crippen molar-refractivity contribution in [2.75, 3.05) is 0 Å². The zero-order valence-corrected chi connectivity index (χ0v) is 8.63. The third-order valence-electron chi connectivity index (χ3n) is 2.66. The molecule has 1 heterocycles. The van der Waals surface area contributed by atoms with Crippen LogP contribution in [0.4, 0.5) is 0 Å². The number of rotatable bonds is 0. The van der Waals surface area contributed by atoms with Gasteiger partial charge in [0.25, 0.3) is 5.91 Å². The van der Waals surface area contributed by atoms with Crippen LogP contribution in [-0.4, -0.2) is 22.9 Å². The molecule has 1 aliphatic rings. The Hall–Kier alpha value is -0.970. The van der Waals surface area contributed by atoms with Crippen molar-refractivity contribution in [1.29, 1.82) is 0 Å². The first-order chi connectivity index (χ1) is 6.16. The van der Waals surface area contributed by atoms with Gasteiger partial charge in [-0.05, 0) is 46.0 Å². The molecule has 2 nitrogen and oxygen atoms in total. The number of likely N-dealkylation sites (tertiary alicyclic amines) is 1. The van der Waals surface area contributed by atoms with Gasteiger partial charge in [-0.3, -0.25) is 4.79 Å². The number of nitrogens with zero attached hydrogens (tertiary/aromatic N) is 1. The van der Waals surface area contributed by atoms with E-state index in [1.54, 1.807) is 6.92 Å². The maximum absolute atomic E-state index is 11.6. The molecule has 1 aliphatic heterocycles. The normalized spacial score (nSPS) is 27.8. The molecular weight excluding hydrogens is 162 g/mol. The Morgan fingerprint density at radius 3 is 2.31 bits per heavy atom. The van der Waals surface area contributed by atoms with Crippen LogP contribution in [0.5, 0.6) is 0 Å². The molecule has 0 aromatic heterocycles. The van der Waals surface area contributed by atoms with Crippen LogP contribution in [0.2, 0.25) is 0 Å². The van der Waals surface area contributed by atoms with Crippen molar-refractivity contribution in [3.63, 3.8) is 0 Å². The highest BCUT2D eigenvalue weighted by atomic mass is 16.2. The Bertz CT molecular complexity index is 239. The second-order valence-corrected chi connectivity index (χ2v) is 3.72. The summed E-state index contributed by atoms with van der Waals surface area (Å²) >= 11 is 0. The van der Waals surface area contributed by atoms with E-state index in [-0.39, 0.29) is 5.91 Å². The first kappa shape index (κ1) is 10.1. The molecule has 2 atom stereocenters. The number of hydrogen-bond donors (Lipinski definition) is 0. The van der Waals surface area contributed by atoms with Gasteiger partial charge in [-0.2, -0.15) is 0 Å². The predicted molar refractivity (Wildman–Crippen MR) is 53.1 cm³/mol. The van der Waals surface area contributed by atoms with Crippen LogP contribution >= 0.6 is 0 Å². The van der Waals surface area contributed by atoms with Gasteiger partial charge in [0, 0.05) is 12.1 Å². The van der Waals surface area contributed by atoms with Gasteiger partial charge in [0.15, 0.2) is 0 Å². The Balaban J connectivity index is 2.71. The Labute approximate surface area is 80.3 Å². The average molecular weight is 179 g/mol. The molecule has 13 heavy (non-hydrogen) atoms. The molecule has 1 amide bonds. The van der Waals surface area contributed by atoms with E-state index in [9.17, 15) is 4.79 Å². The minimum Gasteiger partial charge on any atom is -0.326 e. The monoisotopic (exact) mass is 179 g/mol. The number of amides is 1. The fraction of sp³-hybridized carbons (Fsp3) is 0.727. The van der Waals surface area contributed by atoms with Crippen molar-refractivity contribution in [2.45, 2.75) is 52.1 Å². The van der Waals surface area contributed by atoms with E-state index in [2.05, 4.69) is 25.7 Å². The van der Waals surface area contributed by atoms with Crippen molar-refractivity contribution >= 4 is 5.91 Å². The fourth-order valence-corrected chi connectivity index (χ4v) is 1.99. The Morgan fingerprint density at radius 2 is 1.85 bits per heavy atom. The van der Waals surface area contributed by atoms with Crippen LogP contribution in [0, 0.1) is 11.8 Å². The van der Waals surface area contributed by atoms with Gasteiger partial charge in [0.05, 0.1) is 0 Å². The maximum Gasteiger partial charge on any atom is 0.298 e. The number of carbonyl (C=O) groups is 1. The molecule has 0 N–H and O–H groups in total. The van der Waals surface area contributed by atoms with Crippen LogP contribution in [0.3, 0.4) is 0 Å². The highest BCUT2D eigenvalue weighted by Gasteiger charge is 2.27. The molecule has 0 aromatic rings. The van der Waals surface area contributed by atoms with Gasteiger partial charge in [0.2, 0.25) is 0 Å². The fourth-order valence-electron chi connectivity index (χ4n) is 1.99. The standard InChI is InChI=1S/C11H17NO/c1-4-6-11(13)12-9(2)7-5-8-10(12)3/h9-10H,5,7-8H2,1-3H3/t9-,10+. The van der Waals surface area contributed by atoms with Crippen molar-refractivity contribution < 1.29 is 4.79 Å². The molecule has 1 rings (SSSR count). The Morgan fingerprint density at radius 1 is 1.31 bits per heavy atom. The van der Waals surface area contributed by atoms with Gasteiger partial charge in [-0.25, -0.2) is 0 Å². The van der Waals surface area contributed by atoms with E-state index in [0.29, 0.717) is 12.1 Å². The quantitative estimate of drug-likeness (QED) is 0.519. The minimum atomic E-state index is -0.0119. The first-order valence-corrected chi connectivity index (χ1v) is 4.92. The van der Waals surface area contributed by atoms with Crippen molar-refractivity contribution in [3.05, 3.63) is 0 Å². The third-order valence-corrected chi connectivity index (χ3v) is 2.66. The summed E-state index contributed by atoms with van der Waals surface area (Å²) in [6.45, 7) is 5.91. The SMILES string of the molecule is CC#CC(=O)N1[C@H](C)CCC[C@@H]1C. The summed E-state index contributed by atoms with van der Waals surface area (Å²) in [5.41, 5.74) is 0. The molecule has 0 radical (unpaired) electrons. The van der Waals surface area contributed by atoms with Gasteiger partial charge in [-0.15, -0.1) is 0 Å². The van der Waals surface area contributed by atoms with Crippen LogP contribution < -0.4 is 0 Å². The molecular formula is C11H17NO. The van der Waals surface area contributed by atoms with Crippen LogP contribution in [0.25, 0.3) is 0 Å². The van der Waals surface area contributed by atoms with E-state index in [1.807, 2.05) is 4.90 Å². The predicted octanol–water partition coefficient (Wildman–Crippen LogP) is 1.80. The van der Waals surface area contributed by atoms with Crippen LogP contribution in [-0.2, 0) is 4.79 Å². The zero-order valence-electron chi connectivity index (χ0n) is 8.63. The molecule has 0 aromatic carbocycles. The second-order valence-electron chi connectivity index (χ2n) is 3.72. The Kier molecular flexibility index (Phi) is 3.36. The summed E-state index contributed by atoms with van der Waals surface area (Å²) in [6.07, 6.45) is 3.45. The van der Waals surface area contributed by atoms with Crippen LogP contribution in [0.1, 0.15) is 40.0 Å². The minimum absolute atomic E-state index is 0.0119. The first-order valence-electron chi connectivity index (χ1n) is 4.92. The lowest BCUT2D eigenvalue weighted by molar-refractivity contribution is -0.130. The summed E-state index contributed by atoms with van der Waals surface area (Å²) < 4.78 is 0.